The molecule has 0 aromatic carbocycles. The molecule has 13 heavy (non-hydrogen) atoms. The van der Waals surface area contributed by atoms with Crippen molar-refractivity contribution < 1.29 is 0 Å². The maximum atomic E-state index is 3.72. The Morgan fingerprint density at radius 1 is 1.54 bits per heavy atom. The molecule has 1 aromatic heterocycles. The molecule has 0 aliphatic rings. The van der Waals surface area contributed by atoms with Gasteiger partial charge in [0, 0.05) is 8.75 Å². The van der Waals surface area contributed by atoms with Gasteiger partial charge in [0.2, 0.25) is 0 Å². The molecular weight excluding hydrogens is 359 g/mol. The number of halogens is 2. The highest BCUT2D eigenvalue weighted by Gasteiger charge is 2.07. The minimum atomic E-state index is 0.564. The lowest BCUT2D eigenvalue weighted by molar-refractivity contribution is 0.683. The Morgan fingerprint density at radius 3 is 2.85 bits per heavy atom. The molecule has 1 rings (SSSR count). The van der Waals surface area contributed by atoms with Crippen LogP contribution in [0, 0.1) is 0 Å². The summed E-state index contributed by atoms with van der Waals surface area (Å²) in [5, 5.41) is 4.37. The molecule has 1 aromatic rings. The fourth-order valence-electron chi connectivity index (χ4n) is 1.20. The summed E-state index contributed by atoms with van der Waals surface area (Å²) < 4.78 is 0.805. The van der Waals surface area contributed by atoms with Gasteiger partial charge in [0.1, 0.15) is 0 Å². The standard InChI is InChI=1S/C10H14BrIS/c1-8(12)3-2-4-10(11)9-5-6-13-7-9/h5-8,10H,2-4H2,1H3. The van der Waals surface area contributed by atoms with Crippen molar-refractivity contribution in [2.75, 3.05) is 0 Å². The van der Waals surface area contributed by atoms with E-state index in [0.29, 0.717) is 4.83 Å². The smallest absolute Gasteiger partial charge is 0.0403 e. The molecule has 2 atom stereocenters. The van der Waals surface area contributed by atoms with Crippen molar-refractivity contribution in [1.29, 1.82) is 0 Å². The van der Waals surface area contributed by atoms with Crippen molar-refractivity contribution in [2.24, 2.45) is 0 Å². The van der Waals surface area contributed by atoms with Crippen molar-refractivity contribution in [3.05, 3.63) is 22.4 Å². The molecule has 0 N–H and O–H groups in total. The molecule has 0 saturated carbocycles. The Bertz CT molecular complexity index is 221. The van der Waals surface area contributed by atoms with Gasteiger partial charge in [0.15, 0.2) is 0 Å². The van der Waals surface area contributed by atoms with Gasteiger partial charge < -0.3 is 0 Å². The Kier molecular flexibility index (Phi) is 5.90. The van der Waals surface area contributed by atoms with Crippen LogP contribution in [0.25, 0.3) is 0 Å². The van der Waals surface area contributed by atoms with E-state index in [-0.39, 0.29) is 0 Å². The summed E-state index contributed by atoms with van der Waals surface area (Å²) in [6.07, 6.45) is 3.90. The summed E-state index contributed by atoms with van der Waals surface area (Å²) >= 11 is 7.99. The van der Waals surface area contributed by atoms with E-state index < -0.39 is 0 Å². The molecule has 3 heteroatoms. The van der Waals surface area contributed by atoms with E-state index in [1.54, 1.807) is 11.3 Å². The van der Waals surface area contributed by atoms with Crippen molar-refractivity contribution in [3.63, 3.8) is 0 Å². The van der Waals surface area contributed by atoms with Crippen LogP contribution < -0.4 is 0 Å². The van der Waals surface area contributed by atoms with Gasteiger partial charge in [-0.25, -0.2) is 0 Å². The zero-order valence-electron chi connectivity index (χ0n) is 7.67. The SMILES string of the molecule is CC(I)CCCC(Br)c1ccsc1. The van der Waals surface area contributed by atoms with Crippen molar-refractivity contribution in [2.45, 2.75) is 34.9 Å². The highest BCUT2D eigenvalue weighted by Crippen LogP contribution is 2.30. The molecule has 1 heterocycles. The first-order valence-electron chi connectivity index (χ1n) is 4.50. The first-order chi connectivity index (χ1) is 6.20. The topological polar surface area (TPSA) is 0 Å². The van der Waals surface area contributed by atoms with Gasteiger partial charge in [-0.2, -0.15) is 11.3 Å². The molecule has 0 spiro atoms. The molecule has 0 aliphatic heterocycles. The van der Waals surface area contributed by atoms with Crippen LogP contribution in [0.15, 0.2) is 16.8 Å². The zero-order valence-corrected chi connectivity index (χ0v) is 12.2. The third-order valence-corrected chi connectivity index (χ3v) is 4.28. The predicted octanol–water partition coefficient (Wildman–Crippen LogP) is 5.18. The molecule has 0 saturated heterocycles. The normalized spacial score (nSPS) is 15.6. The molecular formula is C10H14BrIS. The zero-order chi connectivity index (χ0) is 9.68. The molecule has 0 nitrogen and oxygen atoms in total. The van der Waals surface area contributed by atoms with E-state index in [9.17, 15) is 0 Å². The Hall–Kier alpha value is 0.910. The van der Waals surface area contributed by atoms with Crippen LogP contribution in [-0.4, -0.2) is 3.92 Å². The number of hydrogen-bond acceptors (Lipinski definition) is 1. The molecule has 0 amide bonds. The number of alkyl halides is 2. The summed E-state index contributed by atoms with van der Waals surface area (Å²) in [6.45, 7) is 2.27. The minimum absolute atomic E-state index is 0.564. The van der Waals surface area contributed by atoms with Gasteiger partial charge in [0.25, 0.3) is 0 Å². The van der Waals surface area contributed by atoms with Crippen LogP contribution in [0.4, 0.5) is 0 Å². The van der Waals surface area contributed by atoms with Crippen LogP contribution in [-0.2, 0) is 0 Å². The summed E-state index contributed by atoms with van der Waals surface area (Å²) in [5.41, 5.74) is 1.44. The lowest BCUT2D eigenvalue weighted by atomic mass is 10.1. The summed E-state index contributed by atoms with van der Waals surface area (Å²) in [6, 6.07) is 2.21. The summed E-state index contributed by atoms with van der Waals surface area (Å²) in [5.74, 6) is 0. The maximum absolute atomic E-state index is 3.72. The van der Waals surface area contributed by atoms with Crippen molar-refractivity contribution in [3.8, 4) is 0 Å². The highest BCUT2D eigenvalue weighted by atomic mass is 127. The van der Waals surface area contributed by atoms with Gasteiger partial charge >= 0.3 is 0 Å². The van der Waals surface area contributed by atoms with Gasteiger partial charge in [0.05, 0.1) is 0 Å². The molecule has 0 bridgehead atoms. The van der Waals surface area contributed by atoms with Crippen LogP contribution in [0.5, 0.6) is 0 Å². The van der Waals surface area contributed by atoms with E-state index in [1.807, 2.05) is 0 Å². The number of rotatable bonds is 5. The van der Waals surface area contributed by atoms with Gasteiger partial charge in [-0.15, -0.1) is 0 Å². The second-order valence-corrected chi connectivity index (χ2v) is 7.25. The van der Waals surface area contributed by atoms with E-state index in [4.69, 9.17) is 0 Å². The van der Waals surface area contributed by atoms with Gasteiger partial charge in [-0.1, -0.05) is 51.9 Å². The van der Waals surface area contributed by atoms with Crippen molar-refractivity contribution >= 4 is 49.9 Å². The molecule has 0 aliphatic carbocycles. The van der Waals surface area contributed by atoms with Crippen molar-refractivity contribution in [1.82, 2.24) is 0 Å². The van der Waals surface area contributed by atoms with E-state index in [2.05, 4.69) is 62.3 Å². The van der Waals surface area contributed by atoms with Crippen LogP contribution >= 0.6 is 49.9 Å². The number of hydrogen-bond donors (Lipinski definition) is 0. The summed E-state index contributed by atoms with van der Waals surface area (Å²) in [7, 11) is 0. The second kappa shape index (κ2) is 6.40. The third kappa shape index (κ3) is 4.79. The molecule has 0 radical (unpaired) electrons. The monoisotopic (exact) mass is 372 g/mol. The van der Waals surface area contributed by atoms with Crippen LogP contribution in [0.2, 0.25) is 0 Å². The van der Waals surface area contributed by atoms with E-state index in [0.717, 1.165) is 3.92 Å². The Morgan fingerprint density at radius 2 is 2.31 bits per heavy atom. The lowest BCUT2D eigenvalue weighted by Crippen LogP contribution is -1.92. The molecule has 0 fully saturated rings. The predicted molar refractivity (Wildman–Crippen MR) is 73.3 cm³/mol. The van der Waals surface area contributed by atoms with Crippen LogP contribution in [0.1, 0.15) is 36.6 Å². The average Bonchev–Trinajstić information content (AvgIpc) is 2.55. The van der Waals surface area contributed by atoms with Gasteiger partial charge in [-0.3, -0.25) is 0 Å². The lowest BCUT2D eigenvalue weighted by Gasteiger charge is -2.08. The minimum Gasteiger partial charge on any atom is -0.152 e. The Labute approximate surface area is 106 Å². The molecule has 2 unspecified atom stereocenters. The fourth-order valence-corrected chi connectivity index (χ4v) is 3.14. The average molecular weight is 373 g/mol. The molecule has 74 valence electrons. The quantitative estimate of drug-likeness (QED) is 0.493. The first-order valence-corrected chi connectivity index (χ1v) is 7.61. The third-order valence-electron chi connectivity index (χ3n) is 1.96. The van der Waals surface area contributed by atoms with Crippen LogP contribution in [0.3, 0.4) is 0 Å². The van der Waals surface area contributed by atoms with E-state index >= 15 is 0 Å². The van der Waals surface area contributed by atoms with E-state index in [1.165, 1.54) is 24.8 Å². The second-order valence-electron chi connectivity index (χ2n) is 3.24. The summed E-state index contributed by atoms with van der Waals surface area (Å²) in [4.78, 5) is 0.564. The fraction of sp³-hybridized carbons (Fsp3) is 0.600. The largest absolute Gasteiger partial charge is 0.152 e. The first kappa shape index (κ1) is 12.0. The van der Waals surface area contributed by atoms with Gasteiger partial charge in [-0.05, 0) is 35.2 Å². The highest BCUT2D eigenvalue weighted by molar-refractivity contribution is 14.1. The number of thiophene rings is 1. The maximum Gasteiger partial charge on any atom is 0.0403 e. The Balaban J connectivity index is 2.22.